The molecule has 0 bridgehead atoms. The zero-order valence-electron chi connectivity index (χ0n) is 8.26. The molecule has 14 heavy (non-hydrogen) atoms. The van der Waals surface area contributed by atoms with Crippen LogP contribution in [0.4, 0.5) is 8.78 Å². The fourth-order valence-corrected chi connectivity index (χ4v) is 1.46. The van der Waals surface area contributed by atoms with Gasteiger partial charge >= 0.3 is 0 Å². The highest BCUT2D eigenvalue weighted by Crippen LogP contribution is 2.14. The maximum absolute atomic E-state index is 12.8. The van der Waals surface area contributed by atoms with Gasteiger partial charge in [0.25, 0.3) is 0 Å². The van der Waals surface area contributed by atoms with Gasteiger partial charge in [-0.1, -0.05) is 13.3 Å². The molecule has 0 aliphatic rings. The van der Waals surface area contributed by atoms with Gasteiger partial charge in [-0.15, -0.1) is 0 Å². The van der Waals surface area contributed by atoms with Crippen LogP contribution in [0.5, 0.6) is 0 Å². The van der Waals surface area contributed by atoms with Crippen LogP contribution in [0.3, 0.4) is 0 Å². The first-order valence-electron chi connectivity index (χ1n) is 4.80. The van der Waals surface area contributed by atoms with Crippen molar-refractivity contribution in [1.82, 2.24) is 0 Å². The Kier molecular flexibility index (Phi) is 4.01. The van der Waals surface area contributed by atoms with Gasteiger partial charge in [-0.2, -0.15) is 0 Å². The third-order valence-corrected chi connectivity index (χ3v) is 2.36. The lowest BCUT2D eigenvalue weighted by molar-refractivity contribution is 0.511. The molecule has 1 rings (SSSR count). The molecule has 0 amide bonds. The number of benzene rings is 1. The van der Waals surface area contributed by atoms with Crippen molar-refractivity contribution in [3.8, 4) is 0 Å². The molecule has 1 aromatic rings. The van der Waals surface area contributed by atoms with E-state index in [2.05, 4.69) is 0 Å². The Morgan fingerprint density at radius 2 is 1.79 bits per heavy atom. The molecule has 1 aromatic carbocycles. The summed E-state index contributed by atoms with van der Waals surface area (Å²) >= 11 is 0. The van der Waals surface area contributed by atoms with Crippen molar-refractivity contribution in [3.05, 3.63) is 35.4 Å². The van der Waals surface area contributed by atoms with E-state index >= 15 is 0 Å². The summed E-state index contributed by atoms with van der Waals surface area (Å²) in [6, 6.07) is 3.61. The van der Waals surface area contributed by atoms with Crippen molar-refractivity contribution in [3.63, 3.8) is 0 Å². The van der Waals surface area contributed by atoms with E-state index in [0.29, 0.717) is 24.4 Å². The minimum atomic E-state index is -0.521. The lowest BCUT2D eigenvalue weighted by Crippen LogP contribution is -2.16. The molecule has 0 aliphatic carbocycles. The van der Waals surface area contributed by atoms with Crippen LogP contribution < -0.4 is 5.73 Å². The third-order valence-electron chi connectivity index (χ3n) is 2.36. The molecule has 1 unspecified atom stereocenters. The zero-order valence-corrected chi connectivity index (χ0v) is 8.26. The molecule has 0 radical (unpaired) electrons. The lowest BCUT2D eigenvalue weighted by Gasteiger charge is -2.11. The Morgan fingerprint density at radius 1 is 1.21 bits per heavy atom. The number of hydrogen-bond donors (Lipinski definition) is 1. The van der Waals surface area contributed by atoms with Crippen molar-refractivity contribution in [2.24, 2.45) is 11.7 Å². The second-order valence-corrected chi connectivity index (χ2v) is 3.49. The topological polar surface area (TPSA) is 26.0 Å². The lowest BCUT2D eigenvalue weighted by atomic mass is 9.97. The highest BCUT2D eigenvalue weighted by atomic mass is 19.1. The maximum Gasteiger partial charge on any atom is 0.126 e. The van der Waals surface area contributed by atoms with Crippen LogP contribution in [-0.2, 0) is 6.42 Å². The average Bonchev–Trinajstić information content (AvgIpc) is 2.12. The van der Waals surface area contributed by atoms with E-state index in [0.717, 1.165) is 12.5 Å². The maximum atomic E-state index is 12.8. The first-order chi connectivity index (χ1) is 6.65. The van der Waals surface area contributed by atoms with Crippen molar-refractivity contribution in [1.29, 1.82) is 0 Å². The first kappa shape index (κ1) is 11.1. The molecule has 0 spiro atoms. The fraction of sp³-hybridized carbons (Fsp3) is 0.455. The van der Waals surface area contributed by atoms with Crippen LogP contribution in [0.2, 0.25) is 0 Å². The summed E-state index contributed by atoms with van der Waals surface area (Å²) in [4.78, 5) is 0. The van der Waals surface area contributed by atoms with Crippen LogP contribution >= 0.6 is 0 Å². The Labute approximate surface area is 82.9 Å². The highest BCUT2D eigenvalue weighted by Gasteiger charge is 2.07. The molecule has 2 N–H and O–H groups in total. The monoisotopic (exact) mass is 199 g/mol. The summed E-state index contributed by atoms with van der Waals surface area (Å²) in [5.74, 6) is -0.741. The molecule has 78 valence electrons. The summed E-state index contributed by atoms with van der Waals surface area (Å²) in [5.41, 5.74) is 6.20. The van der Waals surface area contributed by atoms with E-state index in [9.17, 15) is 8.78 Å². The minimum Gasteiger partial charge on any atom is -0.330 e. The van der Waals surface area contributed by atoms with Crippen LogP contribution in [0.25, 0.3) is 0 Å². The van der Waals surface area contributed by atoms with Crippen LogP contribution in [0, 0.1) is 17.6 Å². The number of hydrogen-bond acceptors (Lipinski definition) is 1. The third kappa shape index (κ3) is 3.07. The predicted octanol–water partition coefficient (Wildman–Crippen LogP) is 2.49. The largest absolute Gasteiger partial charge is 0.330 e. The van der Waals surface area contributed by atoms with Gasteiger partial charge in [0.05, 0.1) is 0 Å². The molecular weight excluding hydrogens is 184 g/mol. The molecule has 0 saturated carbocycles. The van der Waals surface area contributed by atoms with E-state index in [-0.39, 0.29) is 0 Å². The van der Waals surface area contributed by atoms with Crippen LogP contribution in [0.1, 0.15) is 18.9 Å². The minimum absolute atomic E-state index is 0.302. The van der Waals surface area contributed by atoms with E-state index in [1.54, 1.807) is 0 Å². The zero-order chi connectivity index (χ0) is 10.6. The van der Waals surface area contributed by atoms with Crippen molar-refractivity contribution in [2.45, 2.75) is 19.8 Å². The molecule has 0 fully saturated rings. The summed E-state index contributed by atoms with van der Waals surface area (Å²) in [5, 5.41) is 0. The van der Waals surface area contributed by atoms with E-state index < -0.39 is 11.6 Å². The Bertz CT molecular complexity index is 275. The van der Waals surface area contributed by atoms with Crippen molar-refractivity contribution >= 4 is 0 Å². The molecule has 0 saturated heterocycles. The molecule has 1 atom stereocenters. The Hall–Kier alpha value is -0.960. The molecular formula is C11H15F2N. The van der Waals surface area contributed by atoms with E-state index in [1.165, 1.54) is 12.1 Å². The highest BCUT2D eigenvalue weighted by molar-refractivity contribution is 5.18. The quantitative estimate of drug-likeness (QED) is 0.792. The molecule has 0 aromatic heterocycles. The molecule has 1 nitrogen and oxygen atoms in total. The van der Waals surface area contributed by atoms with E-state index in [1.807, 2.05) is 6.92 Å². The Balaban J connectivity index is 2.75. The number of nitrogens with two attached hydrogens (primary N) is 1. The van der Waals surface area contributed by atoms with Crippen LogP contribution in [-0.4, -0.2) is 6.54 Å². The number of rotatable bonds is 4. The van der Waals surface area contributed by atoms with Gasteiger partial charge in [-0.3, -0.25) is 0 Å². The van der Waals surface area contributed by atoms with Gasteiger partial charge in [-0.05, 0) is 36.6 Å². The normalized spacial score (nSPS) is 12.9. The fourth-order valence-electron chi connectivity index (χ4n) is 1.46. The standard InChI is InChI=1S/C11H15F2N/c1-2-8(7-14)3-9-4-10(12)6-11(13)5-9/h4-6,8H,2-3,7,14H2,1H3. The van der Waals surface area contributed by atoms with Gasteiger partial charge in [0.1, 0.15) is 11.6 Å². The second-order valence-electron chi connectivity index (χ2n) is 3.49. The van der Waals surface area contributed by atoms with Gasteiger partial charge < -0.3 is 5.73 Å². The number of halogens is 2. The first-order valence-corrected chi connectivity index (χ1v) is 4.80. The smallest absolute Gasteiger partial charge is 0.126 e. The summed E-state index contributed by atoms with van der Waals surface area (Å²) in [6.45, 7) is 2.57. The Morgan fingerprint density at radius 3 is 2.21 bits per heavy atom. The average molecular weight is 199 g/mol. The van der Waals surface area contributed by atoms with Crippen molar-refractivity contribution in [2.75, 3.05) is 6.54 Å². The van der Waals surface area contributed by atoms with Gasteiger partial charge in [0.2, 0.25) is 0 Å². The van der Waals surface area contributed by atoms with Gasteiger partial charge in [0, 0.05) is 6.07 Å². The summed E-state index contributed by atoms with van der Waals surface area (Å²) < 4.78 is 25.6. The summed E-state index contributed by atoms with van der Waals surface area (Å²) in [7, 11) is 0. The molecule has 0 heterocycles. The summed E-state index contributed by atoms with van der Waals surface area (Å²) in [6.07, 6.45) is 1.57. The van der Waals surface area contributed by atoms with Gasteiger partial charge in [-0.25, -0.2) is 8.78 Å². The predicted molar refractivity (Wildman–Crippen MR) is 52.9 cm³/mol. The van der Waals surface area contributed by atoms with Crippen molar-refractivity contribution < 1.29 is 8.78 Å². The SMILES string of the molecule is CCC(CN)Cc1cc(F)cc(F)c1. The second kappa shape index (κ2) is 5.05. The molecule has 3 heteroatoms. The van der Waals surface area contributed by atoms with Crippen LogP contribution in [0.15, 0.2) is 18.2 Å². The van der Waals surface area contributed by atoms with E-state index in [4.69, 9.17) is 5.73 Å². The molecule has 0 aliphatic heterocycles. The van der Waals surface area contributed by atoms with Gasteiger partial charge in [0.15, 0.2) is 0 Å².